The van der Waals surface area contributed by atoms with Crippen molar-refractivity contribution >= 4 is 21.7 Å². The molecule has 20 heavy (non-hydrogen) atoms. The van der Waals surface area contributed by atoms with Crippen molar-refractivity contribution in [1.29, 1.82) is 0 Å². The van der Waals surface area contributed by atoms with Crippen LogP contribution in [0, 0.1) is 0 Å². The summed E-state index contributed by atoms with van der Waals surface area (Å²) in [6.45, 7) is 0. The molecule has 0 spiro atoms. The van der Waals surface area contributed by atoms with Gasteiger partial charge in [-0.2, -0.15) is 0 Å². The van der Waals surface area contributed by atoms with E-state index in [2.05, 4.69) is 0 Å². The third-order valence-electron chi connectivity index (χ3n) is 3.05. The highest BCUT2D eigenvalue weighted by molar-refractivity contribution is 6.10. The molecule has 3 rings (SSSR count). The van der Waals surface area contributed by atoms with E-state index in [4.69, 9.17) is 9.15 Å². The van der Waals surface area contributed by atoms with Gasteiger partial charge in [0.25, 0.3) is 0 Å². The molecule has 102 valence electrons. The van der Waals surface area contributed by atoms with Crippen molar-refractivity contribution in [1.82, 2.24) is 0 Å². The van der Waals surface area contributed by atoms with Crippen LogP contribution >= 0.6 is 0 Å². The van der Waals surface area contributed by atoms with Crippen LogP contribution in [0.3, 0.4) is 0 Å². The molecule has 3 N–H and O–H groups in total. The van der Waals surface area contributed by atoms with Crippen molar-refractivity contribution in [3.8, 4) is 23.0 Å². The molecular formula is C14H10O6. The maximum Gasteiger partial charge on any atom is 0.347 e. The maximum atomic E-state index is 11.9. The molecule has 0 saturated heterocycles. The Morgan fingerprint density at radius 1 is 1.00 bits per heavy atom. The largest absolute Gasteiger partial charge is 0.508 e. The number of fused-ring (bicyclic) bond motifs is 3. The van der Waals surface area contributed by atoms with Crippen molar-refractivity contribution in [2.24, 2.45) is 0 Å². The van der Waals surface area contributed by atoms with Gasteiger partial charge in [-0.1, -0.05) is 0 Å². The third kappa shape index (κ3) is 1.62. The minimum atomic E-state index is -0.766. The number of phenols is 3. The lowest BCUT2D eigenvalue weighted by molar-refractivity contribution is 0.411. The summed E-state index contributed by atoms with van der Waals surface area (Å²) in [4.78, 5) is 11.9. The molecule has 0 fully saturated rings. The second kappa shape index (κ2) is 4.06. The highest BCUT2D eigenvalue weighted by atomic mass is 16.5. The summed E-state index contributed by atoms with van der Waals surface area (Å²) < 4.78 is 10.2. The first-order valence-corrected chi connectivity index (χ1v) is 5.70. The summed E-state index contributed by atoms with van der Waals surface area (Å²) in [7, 11) is 1.40. The number of phenolic OH excluding ortho intramolecular Hbond substituents is 3. The summed E-state index contributed by atoms with van der Waals surface area (Å²) in [5, 5.41) is 29.6. The Bertz CT molecular complexity index is 894. The molecule has 0 atom stereocenters. The second-order valence-electron chi connectivity index (χ2n) is 4.30. The normalized spacial score (nSPS) is 11.1. The average molecular weight is 274 g/mol. The molecule has 1 aromatic heterocycles. The van der Waals surface area contributed by atoms with Crippen LogP contribution < -0.4 is 10.4 Å². The van der Waals surface area contributed by atoms with Crippen molar-refractivity contribution in [2.45, 2.75) is 0 Å². The van der Waals surface area contributed by atoms with E-state index in [0.717, 1.165) is 6.07 Å². The first-order chi connectivity index (χ1) is 9.51. The first-order valence-electron chi connectivity index (χ1n) is 5.70. The molecular weight excluding hydrogens is 264 g/mol. The van der Waals surface area contributed by atoms with Crippen LogP contribution in [0.15, 0.2) is 33.5 Å². The number of hydrogen-bond acceptors (Lipinski definition) is 6. The molecule has 0 unspecified atom stereocenters. The Balaban J connectivity index is 2.67. The van der Waals surface area contributed by atoms with Crippen LogP contribution in [0.25, 0.3) is 21.7 Å². The van der Waals surface area contributed by atoms with Gasteiger partial charge in [-0.3, -0.25) is 0 Å². The Hall–Kier alpha value is -2.89. The van der Waals surface area contributed by atoms with E-state index >= 15 is 0 Å². The quantitative estimate of drug-likeness (QED) is 0.464. The zero-order chi connectivity index (χ0) is 14.4. The molecule has 0 radical (unpaired) electrons. The highest BCUT2D eigenvalue weighted by Gasteiger charge is 2.16. The highest BCUT2D eigenvalue weighted by Crippen LogP contribution is 2.38. The standard InChI is InChI=1S/C14H10O6/c1-19-10-4-7(16)5-11-13(10)8-2-6(15)3-9(17)12(8)14(18)20-11/h2-5,15-17H,1H3. The Morgan fingerprint density at radius 2 is 1.70 bits per heavy atom. The summed E-state index contributed by atoms with van der Waals surface area (Å²) in [6.07, 6.45) is 0. The second-order valence-corrected chi connectivity index (χ2v) is 4.30. The van der Waals surface area contributed by atoms with Crippen LogP contribution in [0.1, 0.15) is 0 Å². The van der Waals surface area contributed by atoms with Gasteiger partial charge in [0.15, 0.2) is 0 Å². The number of benzene rings is 2. The summed E-state index contributed by atoms with van der Waals surface area (Å²) in [5.41, 5.74) is -0.665. The lowest BCUT2D eigenvalue weighted by Gasteiger charge is -2.09. The fourth-order valence-corrected chi connectivity index (χ4v) is 2.26. The van der Waals surface area contributed by atoms with Gasteiger partial charge in [0.05, 0.1) is 12.5 Å². The molecule has 0 amide bonds. The van der Waals surface area contributed by atoms with Gasteiger partial charge in [0.2, 0.25) is 0 Å². The Morgan fingerprint density at radius 3 is 2.40 bits per heavy atom. The minimum absolute atomic E-state index is 0.0562. The molecule has 6 nitrogen and oxygen atoms in total. The van der Waals surface area contributed by atoms with Crippen LogP contribution in [-0.4, -0.2) is 22.4 Å². The zero-order valence-corrected chi connectivity index (χ0v) is 10.4. The number of aromatic hydroxyl groups is 3. The first kappa shape index (κ1) is 12.2. The molecule has 1 heterocycles. The Kier molecular flexibility index (Phi) is 2.47. The zero-order valence-electron chi connectivity index (χ0n) is 10.4. The van der Waals surface area contributed by atoms with Gasteiger partial charge in [-0.05, 0) is 6.07 Å². The van der Waals surface area contributed by atoms with Crippen LogP contribution in [0.5, 0.6) is 23.0 Å². The molecule has 3 aromatic rings. The van der Waals surface area contributed by atoms with E-state index in [1.807, 2.05) is 0 Å². The predicted octanol–water partition coefficient (Wildman–Crippen LogP) is 2.07. The molecule has 0 bridgehead atoms. The van der Waals surface area contributed by atoms with Gasteiger partial charge < -0.3 is 24.5 Å². The van der Waals surface area contributed by atoms with Gasteiger partial charge >= 0.3 is 5.63 Å². The average Bonchev–Trinajstić information content (AvgIpc) is 2.36. The fraction of sp³-hybridized carbons (Fsp3) is 0.0714. The van der Waals surface area contributed by atoms with E-state index in [1.54, 1.807) is 0 Å². The van der Waals surface area contributed by atoms with Gasteiger partial charge in [-0.25, -0.2) is 4.79 Å². The SMILES string of the molecule is COc1cc(O)cc2oc(=O)c3c(O)cc(O)cc3c12. The third-order valence-corrected chi connectivity index (χ3v) is 3.05. The van der Waals surface area contributed by atoms with Crippen LogP contribution in [0.2, 0.25) is 0 Å². The van der Waals surface area contributed by atoms with Gasteiger partial charge in [-0.15, -0.1) is 0 Å². The lowest BCUT2D eigenvalue weighted by Crippen LogP contribution is -2.01. The fourth-order valence-electron chi connectivity index (χ4n) is 2.26. The summed E-state index contributed by atoms with van der Waals surface area (Å²) >= 11 is 0. The Labute approximate surface area is 112 Å². The van der Waals surface area contributed by atoms with Crippen molar-refractivity contribution in [3.63, 3.8) is 0 Å². The molecule has 0 aliphatic rings. The number of methoxy groups -OCH3 is 1. The van der Waals surface area contributed by atoms with Gasteiger partial charge in [0.1, 0.15) is 34.0 Å². The molecule has 0 saturated carbocycles. The van der Waals surface area contributed by atoms with Crippen molar-refractivity contribution in [2.75, 3.05) is 7.11 Å². The smallest absolute Gasteiger partial charge is 0.347 e. The lowest BCUT2D eigenvalue weighted by atomic mass is 10.1. The van der Waals surface area contributed by atoms with E-state index in [-0.39, 0.29) is 39.4 Å². The van der Waals surface area contributed by atoms with Gasteiger partial charge in [0, 0.05) is 23.6 Å². The van der Waals surface area contributed by atoms with Crippen LogP contribution in [0.4, 0.5) is 0 Å². The number of ether oxygens (including phenoxy) is 1. The molecule has 0 aliphatic heterocycles. The maximum absolute atomic E-state index is 11.9. The number of hydrogen-bond donors (Lipinski definition) is 3. The predicted molar refractivity (Wildman–Crippen MR) is 71.5 cm³/mol. The topological polar surface area (TPSA) is 100 Å². The molecule has 2 aromatic carbocycles. The van der Waals surface area contributed by atoms with Crippen molar-refractivity contribution < 1.29 is 24.5 Å². The van der Waals surface area contributed by atoms with E-state index in [0.29, 0.717) is 5.39 Å². The minimum Gasteiger partial charge on any atom is -0.508 e. The van der Waals surface area contributed by atoms with E-state index in [9.17, 15) is 20.1 Å². The summed E-state index contributed by atoms with van der Waals surface area (Å²) in [6, 6.07) is 4.99. The van der Waals surface area contributed by atoms with Crippen molar-refractivity contribution in [3.05, 3.63) is 34.7 Å². The van der Waals surface area contributed by atoms with Crippen LogP contribution in [-0.2, 0) is 0 Å². The monoisotopic (exact) mass is 274 g/mol. The molecule has 6 heteroatoms. The van der Waals surface area contributed by atoms with E-state index < -0.39 is 5.63 Å². The number of rotatable bonds is 1. The molecule has 0 aliphatic carbocycles. The summed E-state index contributed by atoms with van der Waals surface area (Å²) in [5.74, 6) is -0.442. The van der Waals surface area contributed by atoms with E-state index in [1.165, 1.54) is 25.3 Å².